The van der Waals surface area contributed by atoms with E-state index in [4.69, 9.17) is 0 Å². The summed E-state index contributed by atoms with van der Waals surface area (Å²) in [5.41, 5.74) is 0. The maximum Gasteiger partial charge on any atom is 0.249 e. The summed E-state index contributed by atoms with van der Waals surface area (Å²) in [6, 6.07) is -1.01. The highest BCUT2D eigenvalue weighted by Crippen LogP contribution is 2.18. The van der Waals surface area contributed by atoms with Gasteiger partial charge in [-0.15, -0.1) is 0 Å². The summed E-state index contributed by atoms with van der Waals surface area (Å²) >= 11 is 0. The van der Waals surface area contributed by atoms with Crippen LogP contribution in [0, 0.1) is 0 Å². The van der Waals surface area contributed by atoms with Crippen LogP contribution in [0.3, 0.4) is 0 Å². The lowest BCUT2D eigenvalue weighted by Gasteiger charge is -2.27. The molecule has 0 aromatic rings. The summed E-state index contributed by atoms with van der Waals surface area (Å²) in [5.74, 6) is -0.595. The van der Waals surface area contributed by atoms with E-state index in [2.05, 4.69) is 55.6 Å². The second kappa shape index (κ2) is 54.5. The Kier molecular flexibility index (Phi) is 53.3. The van der Waals surface area contributed by atoms with Gasteiger partial charge in [0.05, 0.1) is 18.8 Å². The Bertz CT molecular complexity index is 1040. The van der Waals surface area contributed by atoms with Gasteiger partial charge in [-0.05, 0) is 64.2 Å². The lowest BCUT2D eigenvalue weighted by atomic mass is 10.00. The van der Waals surface area contributed by atoms with Crippen molar-refractivity contribution in [2.45, 2.75) is 334 Å². The quantitative estimate of drug-likeness (QED) is 0.0308. The molecule has 0 fully saturated rings. The lowest BCUT2D eigenvalue weighted by Crippen LogP contribution is -2.53. The highest BCUT2D eigenvalue weighted by Gasteiger charge is 2.28. The fourth-order valence-electron chi connectivity index (χ4n) is 9.20. The van der Waals surface area contributed by atoms with Gasteiger partial charge in [-0.25, -0.2) is 0 Å². The Morgan fingerprint density at radius 1 is 0.364 bits per heavy atom. The summed E-state index contributed by atoms with van der Waals surface area (Å²) in [6.45, 7) is 4.07. The number of amides is 1. The van der Waals surface area contributed by atoms with E-state index >= 15 is 0 Å². The van der Waals surface area contributed by atoms with Crippen molar-refractivity contribution in [3.63, 3.8) is 0 Å². The third-order valence-electron chi connectivity index (χ3n) is 13.8. The molecule has 0 spiro atoms. The van der Waals surface area contributed by atoms with Crippen LogP contribution in [0.5, 0.6) is 0 Å². The minimum Gasteiger partial charge on any atom is -0.394 e. The van der Waals surface area contributed by atoms with Gasteiger partial charge in [0.25, 0.3) is 0 Å². The molecule has 0 radical (unpaired) electrons. The second-order valence-electron chi connectivity index (χ2n) is 20.3. The molecule has 390 valence electrons. The molecule has 0 saturated heterocycles. The third kappa shape index (κ3) is 47.6. The number of aliphatic hydroxyl groups excluding tert-OH is 4. The van der Waals surface area contributed by atoms with Crippen LogP contribution in [0.4, 0.5) is 0 Å². The van der Waals surface area contributed by atoms with E-state index in [0.29, 0.717) is 19.3 Å². The average molecular weight is 931 g/mol. The molecule has 0 aliphatic rings. The molecule has 0 rings (SSSR count). The third-order valence-corrected chi connectivity index (χ3v) is 13.8. The van der Waals surface area contributed by atoms with Crippen molar-refractivity contribution < 1.29 is 25.2 Å². The van der Waals surface area contributed by atoms with Gasteiger partial charge in [0, 0.05) is 0 Å². The van der Waals surface area contributed by atoms with Crippen molar-refractivity contribution in [1.29, 1.82) is 0 Å². The molecular weight excluding hydrogens is 815 g/mol. The zero-order valence-corrected chi connectivity index (χ0v) is 44.2. The van der Waals surface area contributed by atoms with E-state index in [-0.39, 0.29) is 0 Å². The Morgan fingerprint density at radius 3 is 0.955 bits per heavy atom. The zero-order chi connectivity index (χ0) is 48.1. The lowest BCUT2D eigenvalue weighted by molar-refractivity contribution is -0.132. The molecule has 5 N–H and O–H groups in total. The normalized spacial score (nSPS) is 14.0. The van der Waals surface area contributed by atoms with E-state index in [1.54, 1.807) is 0 Å². The van der Waals surface area contributed by atoms with Crippen molar-refractivity contribution in [3.05, 3.63) is 36.5 Å². The van der Waals surface area contributed by atoms with Crippen molar-refractivity contribution in [2.75, 3.05) is 6.61 Å². The van der Waals surface area contributed by atoms with Gasteiger partial charge in [0.1, 0.15) is 12.2 Å². The summed E-state index contributed by atoms with van der Waals surface area (Å²) in [6.07, 6.45) is 68.0. The molecule has 0 heterocycles. The topological polar surface area (TPSA) is 110 Å². The minimum absolute atomic E-state index is 0.362. The smallest absolute Gasteiger partial charge is 0.249 e. The number of hydrogen-bond acceptors (Lipinski definition) is 5. The van der Waals surface area contributed by atoms with E-state index in [1.165, 1.54) is 225 Å². The summed E-state index contributed by atoms with van der Waals surface area (Å²) < 4.78 is 0. The number of unbranched alkanes of at least 4 members (excludes halogenated alkanes) is 39. The Morgan fingerprint density at radius 2 is 0.636 bits per heavy atom. The maximum absolute atomic E-state index is 12.6. The first-order valence-electron chi connectivity index (χ1n) is 29.4. The van der Waals surface area contributed by atoms with Gasteiger partial charge in [-0.2, -0.15) is 0 Å². The number of aliphatic hydroxyl groups is 4. The average Bonchev–Trinajstić information content (AvgIpc) is 3.32. The summed E-state index contributed by atoms with van der Waals surface area (Å²) in [4.78, 5) is 12.6. The van der Waals surface area contributed by atoms with Crippen LogP contribution in [0.15, 0.2) is 36.5 Å². The maximum atomic E-state index is 12.6. The Balaban J connectivity index is 3.67. The van der Waals surface area contributed by atoms with Crippen LogP contribution in [-0.4, -0.2) is 57.3 Å². The Labute approximate surface area is 411 Å². The number of allylic oxidation sites excluding steroid dienone is 6. The molecular formula is C60H115NO5. The van der Waals surface area contributed by atoms with Crippen molar-refractivity contribution in [3.8, 4) is 0 Å². The minimum atomic E-state index is -1.29. The molecule has 66 heavy (non-hydrogen) atoms. The number of carbonyl (C=O) groups excluding carboxylic acids is 1. The van der Waals surface area contributed by atoms with Crippen LogP contribution < -0.4 is 5.32 Å². The summed E-state index contributed by atoms with van der Waals surface area (Å²) in [7, 11) is 0. The largest absolute Gasteiger partial charge is 0.394 e. The molecule has 0 aromatic carbocycles. The molecule has 0 saturated carbocycles. The van der Waals surface area contributed by atoms with Gasteiger partial charge < -0.3 is 25.7 Å². The molecule has 0 aliphatic carbocycles. The van der Waals surface area contributed by atoms with Gasteiger partial charge in [-0.3, -0.25) is 4.79 Å². The predicted molar refractivity (Wildman–Crippen MR) is 288 cm³/mol. The molecule has 0 aromatic heterocycles. The highest BCUT2D eigenvalue weighted by molar-refractivity contribution is 5.80. The number of nitrogens with one attached hydrogen (secondary N) is 1. The highest BCUT2D eigenvalue weighted by atomic mass is 16.3. The first-order valence-corrected chi connectivity index (χ1v) is 29.4. The van der Waals surface area contributed by atoms with E-state index in [9.17, 15) is 25.2 Å². The molecule has 0 aliphatic heterocycles. The molecule has 0 bridgehead atoms. The van der Waals surface area contributed by atoms with Crippen molar-refractivity contribution in [2.24, 2.45) is 0 Å². The van der Waals surface area contributed by atoms with Crippen LogP contribution in [0.25, 0.3) is 0 Å². The zero-order valence-electron chi connectivity index (χ0n) is 44.2. The van der Waals surface area contributed by atoms with Crippen LogP contribution >= 0.6 is 0 Å². The van der Waals surface area contributed by atoms with Crippen LogP contribution in [0.2, 0.25) is 0 Å². The van der Waals surface area contributed by atoms with E-state index in [0.717, 1.165) is 51.4 Å². The Hall–Kier alpha value is -1.47. The van der Waals surface area contributed by atoms with E-state index in [1.807, 2.05) is 0 Å². The first kappa shape index (κ1) is 64.5. The molecule has 4 unspecified atom stereocenters. The van der Waals surface area contributed by atoms with Crippen molar-refractivity contribution >= 4 is 5.91 Å². The number of carbonyl (C=O) groups is 1. The number of rotatable bonds is 54. The van der Waals surface area contributed by atoms with Gasteiger partial charge >= 0.3 is 0 Å². The predicted octanol–water partition coefficient (Wildman–Crippen LogP) is 17.2. The standard InChI is InChI=1S/C60H115NO5/c1-3-5-7-9-11-13-15-17-19-21-23-24-25-26-27-28-29-30-31-32-33-34-35-36-38-39-41-43-45-47-49-51-53-57(63)59(65)56(55-62)61-60(66)58(64)54-52-50-48-46-44-42-40-37-22-20-18-16-14-12-10-8-6-4-2/h33-34,38-39,45,47,56-59,62-65H,3-32,35-37,40-44,46,48-55H2,1-2H3,(H,61,66)/b34-33+,39-38+,47-45+. The fraction of sp³-hybridized carbons (Fsp3) is 0.883. The number of hydrogen-bond donors (Lipinski definition) is 5. The van der Waals surface area contributed by atoms with Crippen LogP contribution in [0.1, 0.15) is 309 Å². The molecule has 4 atom stereocenters. The molecule has 6 nitrogen and oxygen atoms in total. The van der Waals surface area contributed by atoms with Crippen LogP contribution in [-0.2, 0) is 4.79 Å². The van der Waals surface area contributed by atoms with Gasteiger partial charge in [-0.1, -0.05) is 281 Å². The fourth-order valence-corrected chi connectivity index (χ4v) is 9.20. The van der Waals surface area contributed by atoms with Crippen molar-refractivity contribution in [1.82, 2.24) is 5.32 Å². The SMILES string of the molecule is CCCCCCCCCCCCCCCCCCCCC/C=C/CC/C=C/CC/C=C/CCCC(O)C(O)C(CO)NC(=O)C(O)CCCCCCCCCCCCCCCCCCCC. The summed E-state index contributed by atoms with van der Waals surface area (Å²) in [5, 5.41) is 43.9. The molecule has 1 amide bonds. The first-order chi connectivity index (χ1) is 32.5. The van der Waals surface area contributed by atoms with Gasteiger partial charge in [0.2, 0.25) is 5.91 Å². The second-order valence-corrected chi connectivity index (χ2v) is 20.3. The van der Waals surface area contributed by atoms with Gasteiger partial charge in [0.15, 0.2) is 0 Å². The monoisotopic (exact) mass is 930 g/mol. The van der Waals surface area contributed by atoms with E-state index < -0.39 is 36.9 Å². The molecule has 6 heteroatoms.